The largest absolute Gasteiger partial charge is 0.497 e. The highest BCUT2D eigenvalue weighted by molar-refractivity contribution is 7.89. The molecule has 2 N–H and O–H groups in total. The van der Waals surface area contributed by atoms with Crippen LogP contribution >= 0.6 is 0 Å². The molecule has 0 fully saturated rings. The molecule has 0 aliphatic heterocycles. The van der Waals surface area contributed by atoms with E-state index in [4.69, 9.17) is 13.9 Å². The van der Waals surface area contributed by atoms with Gasteiger partial charge in [-0.1, -0.05) is 36.4 Å². The lowest BCUT2D eigenvalue weighted by atomic mass is 10.1. The minimum Gasteiger partial charge on any atom is -0.497 e. The summed E-state index contributed by atoms with van der Waals surface area (Å²) in [5.41, 5.74) is 0.586. The van der Waals surface area contributed by atoms with Crippen molar-refractivity contribution in [3.8, 4) is 11.5 Å². The molecule has 3 aromatic carbocycles. The predicted octanol–water partition coefficient (Wildman–Crippen LogP) is 3.50. The quantitative estimate of drug-likeness (QED) is 0.392. The highest BCUT2D eigenvalue weighted by Crippen LogP contribution is 2.29. The number of methoxy groups -OCH3 is 2. The van der Waals surface area contributed by atoms with Crippen LogP contribution in [0.3, 0.4) is 0 Å². The Morgan fingerprint density at radius 1 is 0.912 bits per heavy atom. The van der Waals surface area contributed by atoms with E-state index in [0.29, 0.717) is 28.2 Å². The van der Waals surface area contributed by atoms with Gasteiger partial charge < -0.3 is 19.2 Å². The van der Waals surface area contributed by atoms with Crippen LogP contribution in [-0.2, 0) is 10.0 Å². The van der Waals surface area contributed by atoms with Crippen LogP contribution in [0.25, 0.3) is 11.0 Å². The van der Waals surface area contributed by atoms with Crippen molar-refractivity contribution in [3.63, 3.8) is 0 Å². The number of nitrogens with one attached hydrogen (secondary N) is 2. The van der Waals surface area contributed by atoms with E-state index in [9.17, 15) is 13.2 Å². The summed E-state index contributed by atoms with van der Waals surface area (Å²) in [4.78, 5) is 15.4. The zero-order valence-electron chi connectivity index (χ0n) is 18.3. The lowest BCUT2D eigenvalue weighted by Crippen LogP contribution is -2.27. The SMILES string of the molecule is COc1ccc(OC)c(NC(=O)c2cc3ccccc3o/c2=N\NS(=O)(=O)c2ccccc2)c1. The molecule has 0 radical (unpaired) electrons. The zero-order chi connectivity index (χ0) is 24.1. The molecule has 34 heavy (non-hydrogen) atoms. The summed E-state index contributed by atoms with van der Waals surface area (Å²) in [7, 11) is -0.998. The Morgan fingerprint density at radius 3 is 2.38 bits per heavy atom. The molecule has 10 heteroatoms. The first-order valence-corrected chi connectivity index (χ1v) is 11.6. The Morgan fingerprint density at radius 2 is 1.65 bits per heavy atom. The highest BCUT2D eigenvalue weighted by atomic mass is 32.2. The minimum absolute atomic E-state index is 0.0133. The maximum Gasteiger partial charge on any atom is 0.276 e. The molecule has 4 rings (SSSR count). The van der Waals surface area contributed by atoms with Crippen molar-refractivity contribution in [2.24, 2.45) is 5.10 Å². The fraction of sp³-hybridized carbons (Fsp3) is 0.0833. The molecule has 0 saturated carbocycles. The monoisotopic (exact) mass is 479 g/mol. The molecule has 0 atom stereocenters. The maximum absolute atomic E-state index is 13.2. The van der Waals surface area contributed by atoms with E-state index in [1.165, 1.54) is 26.4 Å². The van der Waals surface area contributed by atoms with Crippen LogP contribution < -0.4 is 25.2 Å². The fourth-order valence-corrected chi connectivity index (χ4v) is 3.99. The van der Waals surface area contributed by atoms with E-state index in [-0.39, 0.29) is 16.0 Å². The number of fused-ring (bicyclic) bond motifs is 1. The second-order valence-electron chi connectivity index (χ2n) is 7.04. The molecule has 9 nitrogen and oxygen atoms in total. The summed E-state index contributed by atoms with van der Waals surface area (Å²) in [6, 6.07) is 21.2. The number of anilines is 1. The summed E-state index contributed by atoms with van der Waals surface area (Å²) >= 11 is 0. The van der Waals surface area contributed by atoms with E-state index < -0.39 is 15.9 Å². The van der Waals surface area contributed by atoms with Crippen molar-refractivity contribution >= 4 is 32.6 Å². The van der Waals surface area contributed by atoms with Gasteiger partial charge in [0.1, 0.15) is 22.6 Å². The third-order valence-electron chi connectivity index (χ3n) is 4.88. The van der Waals surface area contributed by atoms with Crippen LogP contribution in [-0.4, -0.2) is 28.5 Å². The minimum atomic E-state index is -3.98. The number of nitrogens with zero attached hydrogens (tertiary/aromatic N) is 1. The van der Waals surface area contributed by atoms with Gasteiger partial charge in [0.15, 0.2) is 0 Å². The van der Waals surface area contributed by atoms with Gasteiger partial charge >= 0.3 is 0 Å². The van der Waals surface area contributed by atoms with Gasteiger partial charge in [0, 0.05) is 11.5 Å². The molecular formula is C24H21N3O6S. The fourth-order valence-electron chi connectivity index (χ4n) is 3.17. The third kappa shape index (κ3) is 4.86. The average Bonchev–Trinajstić information content (AvgIpc) is 2.87. The first-order chi connectivity index (χ1) is 16.4. The van der Waals surface area contributed by atoms with E-state index in [1.54, 1.807) is 66.7 Å². The van der Waals surface area contributed by atoms with Gasteiger partial charge in [-0.2, -0.15) is 13.2 Å². The zero-order valence-corrected chi connectivity index (χ0v) is 19.1. The molecule has 1 amide bonds. The topological polar surface area (TPSA) is 119 Å². The van der Waals surface area contributed by atoms with E-state index >= 15 is 0 Å². The average molecular weight is 480 g/mol. The van der Waals surface area contributed by atoms with E-state index in [2.05, 4.69) is 15.2 Å². The van der Waals surface area contributed by atoms with Crippen LogP contribution in [0, 0.1) is 0 Å². The molecule has 1 heterocycles. The number of benzene rings is 3. The highest BCUT2D eigenvalue weighted by Gasteiger charge is 2.17. The molecule has 174 valence electrons. The van der Waals surface area contributed by atoms with Crippen molar-refractivity contribution in [1.29, 1.82) is 0 Å². The summed E-state index contributed by atoms with van der Waals surface area (Å²) in [5, 5.41) is 7.30. The molecule has 1 aromatic heterocycles. The molecule has 0 aliphatic carbocycles. The first kappa shape index (κ1) is 22.9. The van der Waals surface area contributed by atoms with Gasteiger partial charge in [-0.25, -0.2) is 0 Å². The Hall–Kier alpha value is -4.31. The van der Waals surface area contributed by atoms with Crippen LogP contribution in [0.2, 0.25) is 0 Å². The second kappa shape index (κ2) is 9.67. The number of para-hydroxylation sites is 1. The molecule has 0 spiro atoms. The maximum atomic E-state index is 13.2. The third-order valence-corrected chi connectivity index (χ3v) is 6.10. The van der Waals surface area contributed by atoms with Gasteiger partial charge in [-0.05, 0) is 36.4 Å². The number of sulfonamides is 1. The number of carbonyl (C=O) groups is 1. The van der Waals surface area contributed by atoms with Crippen molar-refractivity contribution in [3.05, 3.63) is 90.0 Å². The van der Waals surface area contributed by atoms with Gasteiger partial charge in [0.2, 0.25) is 5.55 Å². The number of hydrogen-bond donors (Lipinski definition) is 2. The molecule has 0 saturated heterocycles. The van der Waals surface area contributed by atoms with Gasteiger partial charge in [-0.3, -0.25) is 4.79 Å². The van der Waals surface area contributed by atoms with E-state index in [0.717, 1.165) is 0 Å². The normalized spacial score (nSPS) is 11.8. The van der Waals surface area contributed by atoms with Crippen molar-refractivity contribution in [2.75, 3.05) is 19.5 Å². The van der Waals surface area contributed by atoms with Gasteiger partial charge in [0.05, 0.1) is 24.8 Å². The lowest BCUT2D eigenvalue weighted by molar-refractivity contribution is 0.102. The molecule has 0 aliphatic rings. The van der Waals surface area contributed by atoms with Crippen LogP contribution in [0.1, 0.15) is 10.4 Å². The number of ether oxygens (including phenoxy) is 2. The summed E-state index contributed by atoms with van der Waals surface area (Å²) in [6.45, 7) is 0. The summed E-state index contributed by atoms with van der Waals surface area (Å²) in [5.74, 6) is 0.341. The van der Waals surface area contributed by atoms with Gasteiger partial charge in [-0.15, -0.1) is 5.10 Å². The predicted molar refractivity (Wildman–Crippen MR) is 126 cm³/mol. The number of hydrogen-bond acceptors (Lipinski definition) is 7. The van der Waals surface area contributed by atoms with Crippen molar-refractivity contribution in [2.45, 2.75) is 4.90 Å². The molecule has 4 aromatic rings. The Kier molecular flexibility index (Phi) is 6.51. The van der Waals surface area contributed by atoms with Crippen molar-refractivity contribution in [1.82, 2.24) is 4.83 Å². The number of rotatable bonds is 7. The molecule has 0 unspecified atom stereocenters. The van der Waals surface area contributed by atoms with E-state index in [1.807, 2.05) is 0 Å². The number of carbonyl (C=O) groups excluding carboxylic acids is 1. The second-order valence-corrected chi connectivity index (χ2v) is 8.70. The van der Waals surface area contributed by atoms with Crippen LogP contribution in [0.15, 0.2) is 93.3 Å². The van der Waals surface area contributed by atoms with Gasteiger partial charge in [0.25, 0.3) is 15.9 Å². The standard InChI is InChI=1S/C24H21N3O6S/c1-31-17-12-13-22(32-2)20(15-17)25-23(28)19-14-16-8-6-7-11-21(16)33-24(19)26-27-34(29,30)18-9-4-3-5-10-18/h3-15,27H,1-2H3,(H,25,28)/b26-24-. The molecule has 0 bridgehead atoms. The van der Waals surface area contributed by atoms with Crippen LogP contribution in [0.4, 0.5) is 5.69 Å². The number of amides is 1. The Labute approximate surface area is 195 Å². The lowest BCUT2D eigenvalue weighted by Gasteiger charge is -2.12. The van der Waals surface area contributed by atoms with Crippen molar-refractivity contribution < 1.29 is 27.1 Å². The smallest absolute Gasteiger partial charge is 0.276 e. The Balaban J connectivity index is 1.77. The summed E-state index contributed by atoms with van der Waals surface area (Å²) < 4.78 is 41.5. The summed E-state index contributed by atoms with van der Waals surface area (Å²) in [6.07, 6.45) is 0. The Bertz CT molecular complexity index is 1520. The van der Waals surface area contributed by atoms with Crippen LogP contribution in [0.5, 0.6) is 11.5 Å². The first-order valence-electron chi connectivity index (χ1n) is 10.1. The molecular weight excluding hydrogens is 458 g/mol.